The number of benzene rings is 1. The number of H-pyrrole nitrogens is 1. The average Bonchev–Trinajstić information content (AvgIpc) is 3.50. The van der Waals surface area contributed by atoms with E-state index in [0.717, 1.165) is 47.4 Å². The number of piperidine rings is 1. The standard InChI is InChI=1S/C24H29N5O2/c1-16(30)29-12-9-18(28-10-5-6-11-28)14-22(29)23-25-15-21(26-23)19-13-17-7-3-4-8-20(17)27-24(19)31-2/h3-4,7-8,13,15,18,22H,5-6,9-12,14H2,1-2H3,(H,25,26)/t18-,22-/m0/s1. The van der Waals surface area contributed by atoms with Crippen molar-refractivity contribution >= 4 is 16.8 Å². The summed E-state index contributed by atoms with van der Waals surface area (Å²) < 4.78 is 5.58. The summed E-state index contributed by atoms with van der Waals surface area (Å²) in [5, 5.41) is 1.05. The van der Waals surface area contributed by atoms with Crippen molar-refractivity contribution < 1.29 is 9.53 Å². The summed E-state index contributed by atoms with van der Waals surface area (Å²) in [6, 6.07) is 10.5. The molecule has 5 rings (SSSR count). The summed E-state index contributed by atoms with van der Waals surface area (Å²) in [5.74, 6) is 1.51. The molecule has 4 heterocycles. The van der Waals surface area contributed by atoms with Gasteiger partial charge in [0.25, 0.3) is 0 Å². The Kier molecular flexibility index (Phi) is 5.36. The Labute approximate surface area is 182 Å². The molecule has 0 saturated carbocycles. The lowest BCUT2D eigenvalue weighted by Crippen LogP contribution is -2.47. The number of aromatic amines is 1. The van der Waals surface area contributed by atoms with Crippen LogP contribution in [0, 0.1) is 0 Å². The molecule has 2 saturated heterocycles. The van der Waals surface area contributed by atoms with Gasteiger partial charge in [-0.2, -0.15) is 0 Å². The van der Waals surface area contributed by atoms with Gasteiger partial charge >= 0.3 is 0 Å². The number of rotatable bonds is 4. The van der Waals surface area contributed by atoms with Crippen LogP contribution in [0.5, 0.6) is 5.88 Å². The zero-order chi connectivity index (χ0) is 21.4. The Morgan fingerprint density at radius 2 is 2.00 bits per heavy atom. The largest absolute Gasteiger partial charge is 0.480 e. The molecule has 0 aliphatic carbocycles. The van der Waals surface area contributed by atoms with E-state index in [9.17, 15) is 4.79 Å². The molecule has 1 aromatic carbocycles. The number of amides is 1. The number of carbonyl (C=O) groups excluding carboxylic acids is 1. The van der Waals surface area contributed by atoms with Crippen molar-refractivity contribution in [3.05, 3.63) is 42.4 Å². The van der Waals surface area contributed by atoms with E-state index in [2.05, 4.69) is 20.9 Å². The maximum Gasteiger partial charge on any atom is 0.223 e. The van der Waals surface area contributed by atoms with Crippen molar-refractivity contribution in [3.8, 4) is 17.1 Å². The van der Waals surface area contributed by atoms with Crippen LogP contribution in [0.1, 0.15) is 44.5 Å². The number of nitrogens with one attached hydrogen (secondary N) is 1. The highest BCUT2D eigenvalue weighted by atomic mass is 16.5. The summed E-state index contributed by atoms with van der Waals surface area (Å²) in [5.41, 5.74) is 2.63. The van der Waals surface area contributed by atoms with Crippen LogP contribution in [0.15, 0.2) is 36.5 Å². The molecule has 0 unspecified atom stereocenters. The number of methoxy groups -OCH3 is 1. The molecule has 2 aliphatic heterocycles. The van der Waals surface area contributed by atoms with Crippen LogP contribution in [0.2, 0.25) is 0 Å². The van der Waals surface area contributed by atoms with E-state index in [1.807, 2.05) is 35.4 Å². The Balaban J connectivity index is 1.48. The minimum Gasteiger partial charge on any atom is -0.480 e. The second kappa shape index (κ2) is 8.30. The molecule has 0 radical (unpaired) electrons. The third kappa shape index (κ3) is 3.78. The molecular formula is C24H29N5O2. The second-order valence-electron chi connectivity index (χ2n) is 8.57. The number of fused-ring (bicyclic) bond motifs is 1. The van der Waals surface area contributed by atoms with Gasteiger partial charge in [-0.1, -0.05) is 18.2 Å². The van der Waals surface area contributed by atoms with Gasteiger partial charge in [-0.3, -0.25) is 4.79 Å². The predicted molar refractivity (Wildman–Crippen MR) is 120 cm³/mol. The number of carbonyl (C=O) groups is 1. The van der Waals surface area contributed by atoms with Crippen LogP contribution in [0.4, 0.5) is 0 Å². The molecule has 2 aliphatic rings. The van der Waals surface area contributed by atoms with E-state index in [4.69, 9.17) is 9.72 Å². The summed E-state index contributed by atoms with van der Waals surface area (Å²) in [6.07, 6.45) is 6.33. The van der Waals surface area contributed by atoms with E-state index in [1.165, 1.54) is 25.9 Å². The van der Waals surface area contributed by atoms with Crippen molar-refractivity contribution in [2.75, 3.05) is 26.7 Å². The van der Waals surface area contributed by atoms with Gasteiger partial charge < -0.3 is 19.5 Å². The fourth-order valence-electron chi connectivity index (χ4n) is 5.11. The highest BCUT2D eigenvalue weighted by Gasteiger charge is 2.36. The molecule has 1 amide bonds. The van der Waals surface area contributed by atoms with Crippen LogP contribution in [0.25, 0.3) is 22.2 Å². The normalized spacial score (nSPS) is 22.2. The van der Waals surface area contributed by atoms with Crippen LogP contribution >= 0.6 is 0 Å². The number of para-hydroxylation sites is 1. The smallest absolute Gasteiger partial charge is 0.223 e. The number of pyridine rings is 1. The maximum absolute atomic E-state index is 12.4. The topological polar surface area (TPSA) is 74.4 Å². The van der Waals surface area contributed by atoms with E-state index in [-0.39, 0.29) is 11.9 Å². The SMILES string of the molecule is COc1nc2ccccc2cc1-c1cnc([C@@H]2C[C@@H](N3CCCC3)CCN2C(C)=O)[nH]1. The predicted octanol–water partition coefficient (Wildman–Crippen LogP) is 3.78. The van der Waals surface area contributed by atoms with Crippen molar-refractivity contribution in [2.45, 2.75) is 44.7 Å². The Morgan fingerprint density at radius 3 is 2.77 bits per heavy atom. The number of ether oxygens (including phenoxy) is 1. The molecule has 2 aromatic heterocycles. The molecule has 7 nitrogen and oxygen atoms in total. The fourth-order valence-corrected chi connectivity index (χ4v) is 5.11. The van der Waals surface area contributed by atoms with E-state index in [1.54, 1.807) is 14.0 Å². The molecule has 2 fully saturated rings. The first-order valence-corrected chi connectivity index (χ1v) is 11.1. The number of nitrogens with zero attached hydrogens (tertiary/aromatic N) is 4. The lowest BCUT2D eigenvalue weighted by atomic mass is 9.95. The monoisotopic (exact) mass is 419 g/mol. The second-order valence-corrected chi connectivity index (χ2v) is 8.57. The third-order valence-electron chi connectivity index (χ3n) is 6.72. The Morgan fingerprint density at radius 1 is 1.19 bits per heavy atom. The minimum absolute atomic E-state index is 0.0370. The quantitative estimate of drug-likeness (QED) is 0.697. The summed E-state index contributed by atoms with van der Waals surface area (Å²) in [7, 11) is 1.64. The molecule has 3 aromatic rings. The van der Waals surface area contributed by atoms with Gasteiger partial charge in [-0.15, -0.1) is 0 Å². The van der Waals surface area contributed by atoms with Crippen molar-refractivity contribution in [1.82, 2.24) is 24.8 Å². The van der Waals surface area contributed by atoms with Crippen LogP contribution in [-0.4, -0.2) is 63.4 Å². The molecule has 31 heavy (non-hydrogen) atoms. The first-order valence-electron chi connectivity index (χ1n) is 11.1. The van der Waals surface area contributed by atoms with Gasteiger partial charge in [0, 0.05) is 24.9 Å². The highest BCUT2D eigenvalue weighted by molar-refractivity contribution is 5.85. The van der Waals surface area contributed by atoms with E-state index in [0.29, 0.717) is 11.9 Å². The van der Waals surface area contributed by atoms with Gasteiger partial charge in [0.15, 0.2) is 0 Å². The zero-order valence-electron chi connectivity index (χ0n) is 18.2. The van der Waals surface area contributed by atoms with Gasteiger partial charge in [0.05, 0.1) is 36.1 Å². The number of aromatic nitrogens is 3. The molecule has 1 N–H and O–H groups in total. The minimum atomic E-state index is -0.0370. The Hall–Kier alpha value is -2.93. The van der Waals surface area contributed by atoms with Crippen LogP contribution < -0.4 is 4.74 Å². The summed E-state index contributed by atoms with van der Waals surface area (Å²) >= 11 is 0. The molecule has 0 bridgehead atoms. The van der Waals surface area contributed by atoms with Gasteiger partial charge in [0.2, 0.25) is 11.8 Å². The summed E-state index contributed by atoms with van der Waals surface area (Å²) in [6.45, 7) is 4.77. The lowest BCUT2D eigenvalue weighted by Gasteiger charge is -2.41. The van der Waals surface area contributed by atoms with Crippen LogP contribution in [0.3, 0.4) is 0 Å². The van der Waals surface area contributed by atoms with Crippen molar-refractivity contribution in [1.29, 1.82) is 0 Å². The zero-order valence-corrected chi connectivity index (χ0v) is 18.2. The molecule has 162 valence electrons. The molecule has 2 atom stereocenters. The van der Waals surface area contributed by atoms with Gasteiger partial charge in [0.1, 0.15) is 5.82 Å². The van der Waals surface area contributed by atoms with E-state index < -0.39 is 0 Å². The molecule has 7 heteroatoms. The summed E-state index contributed by atoms with van der Waals surface area (Å²) in [4.78, 5) is 29.8. The highest BCUT2D eigenvalue weighted by Crippen LogP contribution is 2.36. The first kappa shape index (κ1) is 20.0. The first-order chi connectivity index (χ1) is 15.1. The number of hydrogen-bond donors (Lipinski definition) is 1. The maximum atomic E-state index is 12.4. The Bertz CT molecular complexity index is 1090. The lowest BCUT2D eigenvalue weighted by molar-refractivity contribution is -0.133. The van der Waals surface area contributed by atoms with Gasteiger partial charge in [-0.05, 0) is 50.9 Å². The number of hydrogen-bond acceptors (Lipinski definition) is 5. The van der Waals surface area contributed by atoms with Crippen LogP contribution in [-0.2, 0) is 4.79 Å². The van der Waals surface area contributed by atoms with Gasteiger partial charge in [-0.25, -0.2) is 9.97 Å². The average molecular weight is 420 g/mol. The third-order valence-corrected chi connectivity index (χ3v) is 6.72. The molecule has 0 spiro atoms. The number of likely N-dealkylation sites (tertiary alicyclic amines) is 2. The van der Waals surface area contributed by atoms with Crippen molar-refractivity contribution in [2.24, 2.45) is 0 Å². The molecular weight excluding hydrogens is 390 g/mol. The van der Waals surface area contributed by atoms with E-state index >= 15 is 0 Å². The van der Waals surface area contributed by atoms with Crippen molar-refractivity contribution in [3.63, 3.8) is 0 Å². The fraction of sp³-hybridized carbons (Fsp3) is 0.458. The number of imidazole rings is 1.